The van der Waals surface area contributed by atoms with Crippen LogP contribution in [0.5, 0.6) is 0 Å². The molecule has 0 aliphatic carbocycles. The minimum atomic E-state index is -0.0304. The Labute approximate surface area is 144 Å². The largest absolute Gasteiger partial charge is 0.465 e. The Morgan fingerprint density at radius 2 is 1.32 bits per heavy atom. The van der Waals surface area contributed by atoms with Gasteiger partial charge in [-0.1, -0.05) is 84.5 Å². The van der Waals surface area contributed by atoms with Gasteiger partial charge in [-0.2, -0.15) is 12.6 Å². The standard InChI is InChI=1S/C19H38O2S/c1-3-5-7-9-11-13-15-18(17-22)19(20)21-16-14-12-10-8-6-4-2/h18,22H,3-17H2,1-2H3. The second-order valence-corrected chi connectivity index (χ2v) is 6.74. The predicted molar refractivity (Wildman–Crippen MR) is 99.7 cm³/mol. The molecular formula is C19H38O2S. The molecule has 2 nitrogen and oxygen atoms in total. The van der Waals surface area contributed by atoms with Gasteiger partial charge in [0.2, 0.25) is 0 Å². The summed E-state index contributed by atoms with van der Waals surface area (Å²) < 4.78 is 5.41. The van der Waals surface area contributed by atoms with Crippen LogP contribution in [0.3, 0.4) is 0 Å². The van der Waals surface area contributed by atoms with Gasteiger partial charge >= 0.3 is 5.97 Å². The zero-order valence-electron chi connectivity index (χ0n) is 14.9. The molecule has 0 aromatic heterocycles. The average Bonchev–Trinajstić information content (AvgIpc) is 2.53. The Balaban J connectivity index is 3.55. The van der Waals surface area contributed by atoms with E-state index in [0.717, 1.165) is 19.3 Å². The molecule has 132 valence electrons. The highest BCUT2D eigenvalue weighted by molar-refractivity contribution is 7.80. The maximum atomic E-state index is 12.0. The second kappa shape index (κ2) is 17.2. The molecule has 0 aliphatic rings. The number of carbonyl (C=O) groups is 1. The lowest BCUT2D eigenvalue weighted by Gasteiger charge is -2.13. The molecule has 0 bridgehead atoms. The van der Waals surface area contributed by atoms with E-state index in [0.29, 0.717) is 12.4 Å². The predicted octanol–water partition coefficient (Wildman–Crippen LogP) is 6.19. The Morgan fingerprint density at radius 1 is 0.818 bits per heavy atom. The van der Waals surface area contributed by atoms with Crippen molar-refractivity contribution in [1.29, 1.82) is 0 Å². The number of hydrogen-bond donors (Lipinski definition) is 1. The Morgan fingerprint density at radius 3 is 1.86 bits per heavy atom. The highest BCUT2D eigenvalue weighted by atomic mass is 32.1. The summed E-state index contributed by atoms with van der Waals surface area (Å²) in [5, 5.41) is 0. The van der Waals surface area contributed by atoms with Crippen LogP contribution in [0, 0.1) is 5.92 Å². The van der Waals surface area contributed by atoms with Gasteiger partial charge in [0.1, 0.15) is 0 Å². The zero-order valence-corrected chi connectivity index (χ0v) is 15.8. The summed E-state index contributed by atoms with van der Waals surface area (Å²) in [4.78, 5) is 12.0. The first kappa shape index (κ1) is 21.8. The van der Waals surface area contributed by atoms with Gasteiger partial charge in [-0.15, -0.1) is 0 Å². The molecule has 0 saturated carbocycles. The van der Waals surface area contributed by atoms with E-state index in [1.165, 1.54) is 64.2 Å². The number of rotatable bonds is 16. The summed E-state index contributed by atoms with van der Waals surface area (Å²) in [6, 6.07) is 0. The van der Waals surface area contributed by atoms with Gasteiger partial charge in [0, 0.05) is 5.75 Å². The molecule has 0 rings (SSSR count). The van der Waals surface area contributed by atoms with Crippen molar-refractivity contribution in [3.8, 4) is 0 Å². The van der Waals surface area contributed by atoms with Gasteiger partial charge in [0.15, 0.2) is 0 Å². The highest BCUT2D eigenvalue weighted by Crippen LogP contribution is 2.15. The molecule has 0 radical (unpaired) electrons. The van der Waals surface area contributed by atoms with Crippen LogP contribution in [-0.2, 0) is 9.53 Å². The molecular weight excluding hydrogens is 292 g/mol. The van der Waals surface area contributed by atoms with E-state index in [1.807, 2.05) is 0 Å². The number of unbranched alkanes of at least 4 members (excludes halogenated alkanes) is 10. The lowest BCUT2D eigenvalue weighted by atomic mass is 10.0. The van der Waals surface area contributed by atoms with E-state index in [2.05, 4.69) is 26.5 Å². The smallest absolute Gasteiger partial charge is 0.309 e. The minimum absolute atomic E-state index is 0.00500. The number of ether oxygens (including phenoxy) is 1. The summed E-state index contributed by atoms with van der Waals surface area (Å²) in [6.07, 6.45) is 15.9. The lowest BCUT2D eigenvalue weighted by molar-refractivity contribution is -0.148. The maximum absolute atomic E-state index is 12.0. The summed E-state index contributed by atoms with van der Waals surface area (Å²) in [5.74, 6) is 0.580. The number of esters is 1. The fourth-order valence-electron chi connectivity index (χ4n) is 2.63. The molecule has 0 spiro atoms. The molecule has 0 aromatic rings. The molecule has 0 fully saturated rings. The number of carbonyl (C=O) groups excluding carboxylic acids is 1. The minimum Gasteiger partial charge on any atom is -0.465 e. The fourth-order valence-corrected chi connectivity index (χ4v) is 2.96. The Hall–Kier alpha value is -0.180. The SMILES string of the molecule is CCCCCCCCOC(=O)C(CS)CCCCCCCC. The van der Waals surface area contributed by atoms with E-state index in [9.17, 15) is 4.79 Å². The van der Waals surface area contributed by atoms with Crippen molar-refractivity contribution >= 4 is 18.6 Å². The van der Waals surface area contributed by atoms with Crippen LogP contribution in [0.1, 0.15) is 97.3 Å². The third-order valence-electron chi connectivity index (χ3n) is 4.20. The Kier molecular flexibility index (Phi) is 17.0. The van der Waals surface area contributed by atoms with E-state index in [4.69, 9.17) is 4.74 Å². The van der Waals surface area contributed by atoms with Gasteiger partial charge in [-0.05, 0) is 12.8 Å². The van der Waals surface area contributed by atoms with Crippen LogP contribution in [0.25, 0.3) is 0 Å². The summed E-state index contributed by atoms with van der Waals surface area (Å²) in [6.45, 7) is 5.05. The van der Waals surface area contributed by atoms with Crippen molar-refractivity contribution in [2.24, 2.45) is 5.92 Å². The summed E-state index contributed by atoms with van der Waals surface area (Å²) >= 11 is 4.31. The molecule has 3 heteroatoms. The van der Waals surface area contributed by atoms with Gasteiger partial charge in [0.05, 0.1) is 12.5 Å². The van der Waals surface area contributed by atoms with Crippen LogP contribution in [0.2, 0.25) is 0 Å². The first-order valence-electron chi connectivity index (χ1n) is 9.53. The molecule has 1 unspecified atom stereocenters. The maximum Gasteiger partial charge on any atom is 0.309 e. The van der Waals surface area contributed by atoms with E-state index >= 15 is 0 Å². The molecule has 0 N–H and O–H groups in total. The van der Waals surface area contributed by atoms with Crippen molar-refractivity contribution < 1.29 is 9.53 Å². The van der Waals surface area contributed by atoms with Gasteiger partial charge in [-0.3, -0.25) is 4.79 Å². The van der Waals surface area contributed by atoms with Crippen LogP contribution in [0.4, 0.5) is 0 Å². The van der Waals surface area contributed by atoms with Crippen LogP contribution in [-0.4, -0.2) is 18.3 Å². The monoisotopic (exact) mass is 330 g/mol. The lowest BCUT2D eigenvalue weighted by Crippen LogP contribution is -2.20. The third-order valence-corrected chi connectivity index (χ3v) is 4.64. The van der Waals surface area contributed by atoms with Gasteiger partial charge in [0.25, 0.3) is 0 Å². The second-order valence-electron chi connectivity index (χ2n) is 6.37. The molecule has 22 heavy (non-hydrogen) atoms. The molecule has 0 heterocycles. The van der Waals surface area contributed by atoms with E-state index in [1.54, 1.807) is 0 Å². The highest BCUT2D eigenvalue weighted by Gasteiger charge is 2.17. The van der Waals surface area contributed by atoms with E-state index in [-0.39, 0.29) is 11.9 Å². The molecule has 1 atom stereocenters. The quantitative estimate of drug-likeness (QED) is 0.207. The first-order valence-corrected chi connectivity index (χ1v) is 10.2. The average molecular weight is 331 g/mol. The summed E-state index contributed by atoms with van der Waals surface area (Å²) in [5.41, 5.74) is 0. The topological polar surface area (TPSA) is 26.3 Å². The molecule has 0 aliphatic heterocycles. The van der Waals surface area contributed by atoms with Crippen molar-refractivity contribution in [3.63, 3.8) is 0 Å². The third kappa shape index (κ3) is 13.5. The van der Waals surface area contributed by atoms with Crippen molar-refractivity contribution in [2.75, 3.05) is 12.4 Å². The zero-order chi connectivity index (χ0) is 16.5. The normalized spacial score (nSPS) is 12.3. The number of hydrogen-bond acceptors (Lipinski definition) is 3. The molecule has 0 saturated heterocycles. The van der Waals surface area contributed by atoms with Crippen molar-refractivity contribution in [2.45, 2.75) is 97.3 Å². The first-order chi connectivity index (χ1) is 10.8. The summed E-state index contributed by atoms with van der Waals surface area (Å²) in [7, 11) is 0. The fraction of sp³-hybridized carbons (Fsp3) is 0.947. The van der Waals surface area contributed by atoms with E-state index < -0.39 is 0 Å². The Bertz CT molecular complexity index is 244. The van der Waals surface area contributed by atoms with Crippen molar-refractivity contribution in [1.82, 2.24) is 0 Å². The number of thiol groups is 1. The van der Waals surface area contributed by atoms with Crippen LogP contribution in [0.15, 0.2) is 0 Å². The molecule has 0 aromatic carbocycles. The van der Waals surface area contributed by atoms with Gasteiger partial charge in [-0.25, -0.2) is 0 Å². The van der Waals surface area contributed by atoms with Crippen LogP contribution >= 0.6 is 12.6 Å². The van der Waals surface area contributed by atoms with Crippen molar-refractivity contribution in [3.05, 3.63) is 0 Å². The van der Waals surface area contributed by atoms with Gasteiger partial charge < -0.3 is 4.74 Å². The van der Waals surface area contributed by atoms with Crippen LogP contribution < -0.4 is 0 Å². The molecule has 0 amide bonds.